The zero-order chi connectivity index (χ0) is 11.8. The number of nitrogens with zero attached hydrogens (tertiary/aromatic N) is 2. The average Bonchev–Trinajstić information content (AvgIpc) is 2.23. The Balaban J connectivity index is 2.07. The highest BCUT2D eigenvalue weighted by Crippen LogP contribution is 2.01. The molecule has 0 bridgehead atoms. The highest BCUT2D eigenvalue weighted by Gasteiger charge is 1.97. The fraction of sp³-hybridized carbons (Fsp3) is 0.636. The third-order valence-electron chi connectivity index (χ3n) is 2.03. The lowest BCUT2D eigenvalue weighted by Crippen LogP contribution is -2.11. The van der Waals surface area contributed by atoms with Gasteiger partial charge >= 0.3 is 0 Å². The molecule has 1 N–H and O–H groups in total. The van der Waals surface area contributed by atoms with Crippen LogP contribution in [0.2, 0.25) is 0 Å². The topological polar surface area (TPSA) is 47.0 Å². The van der Waals surface area contributed by atoms with Gasteiger partial charge in [-0.05, 0) is 12.3 Å². The van der Waals surface area contributed by atoms with Crippen molar-refractivity contribution in [2.75, 3.05) is 25.1 Å². The molecular formula is C11H18FN3O. The maximum atomic E-state index is 12.7. The van der Waals surface area contributed by atoms with Gasteiger partial charge in [-0.15, -0.1) is 0 Å². The summed E-state index contributed by atoms with van der Waals surface area (Å²) in [4.78, 5) is 7.24. The van der Waals surface area contributed by atoms with Crippen LogP contribution in [-0.2, 0) is 4.74 Å². The van der Waals surface area contributed by atoms with E-state index in [0.717, 1.165) is 13.0 Å². The summed E-state index contributed by atoms with van der Waals surface area (Å²) >= 11 is 0. The van der Waals surface area contributed by atoms with E-state index in [-0.39, 0.29) is 0 Å². The molecule has 1 aromatic heterocycles. The largest absolute Gasteiger partial charge is 0.380 e. The van der Waals surface area contributed by atoms with Crippen molar-refractivity contribution < 1.29 is 9.13 Å². The van der Waals surface area contributed by atoms with Crippen molar-refractivity contribution in [2.45, 2.75) is 20.3 Å². The van der Waals surface area contributed by atoms with Gasteiger partial charge in [-0.1, -0.05) is 13.8 Å². The number of hydrogen-bond donors (Lipinski definition) is 1. The highest BCUT2D eigenvalue weighted by molar-refractivity contribution is 5.31. The molecule has 1 aromatic rings. The van der Waals surface area contributed by atoms with Crippen molar-refractivity contribution in [3.63, 3.8) is 0 Å². The zero-order valence-electron chi connectivity index (χ0n) is 9.74. The lowest BCUT2D eigenvalue weighted by atomic mass is 10.1. The summed E-state index contributed by atoms with van der Waals surface area (Å²) in [7, 11) is 0. The smallest absolute Gasteiger partial charge is 0.217 e. The Hall–Kier alpha value is -1.23. The van der Waals surface area contributed by atoms with Crippen LogP contribution in [0, 0.1) is 11.9 Å². The number of hydrogen-bond acceptors (Lipinski definition) is 4. The fourth-order valence-electron chi connectivity index (χ4n) is 1.10. The first kappa shape index (κ1) is 12.8. The molecule has 5 heteroatoms. The molecule has 0 atom stereocenters. The lowest BCUT2D eigenvalue weighted by Gasteiger charge is -2.07. The summed E-state index contributed by atoms with van der Waals surface area (Å²) in [5.74, 6) is 0.613. The number of rotatable bonds is 7. The van der Waals surface area contributed by atoms with Crippen LogP contribution < -0.4 is 5.32 Å². The van der Waals surface area contributed by atoms with Crippen molar-refractivity contribution in [1.82, 2.24) is 9.97 Å². The Kier molecular flexibility index (Phi) is 5.71. The van der Waals surface area contributed by atoms with Gasteiger partial charge in [0.05, 0.1) is 6.61 Å². The molecule has 4 nitrogen and oxygen atoms in total. The normalized spacial score (nSPS) is 10.8. The van der Waals surface area contributed by atoms with Gasteiger partial charge in [0.2, 0.25) is 5.95 Å². The molecule has 0 aromatic carbocycles. The summed E-state index contributed by atoms with van der Waals surface area (Å²) < 4.78 is 18.1. The second-order valence-corrected chi connectivity index (χ2v) is 3.95. The van der Waals surface area contributed by atoms with E-state index < -0.39 is 5.95 Å². The molecule has 0 unspecified atom stereocenters. The molecule has 16 heavy (non-hydrogen) atoms. The molecule has 0 spiro atoms. The van der Waals surface area contributed by atoms with Crippen LogP contribution in [0.15, 0.2) is 12.4 Å². The van der Waals surface area contributed by atoms with Gasteiger partial charge in [0.1, 0.15) is 12.1 Å². The van der Waals surface area contributed by atoms with E-state index in [4.69, 9.17) is 4.74 Å². The molecule has 0 amide bonds. The number of nitrogens with one attached hydrogen (secondary N) is 1. The first-order chi connectivity index (χ1) is 7.68. The molecule has 0 aliphatic rings. The fourth-order valence-corrected chi connectivity index (χ4v) is 1.10. The van der Waals surface area contributed by atoms with E-state index in [2.05, 4.69) is 29.1 Å². The summed E-state index contributed by atoms with van der Waals surface area (Å²) in [5.41, 5.74) is 0. The van der Waals surface area contributed by atoms with E-state index in [1.165, 1.54) is 12.4 Å². The van der Waals surface area contributed by atoms with Crippen molar-refractivity contribution in [3.8, 4) is 0 Å². The Morgan fingerprint density at radius 1 is 1.38 bits per heavy atom. The third kappa shape index (κ3) is 5.60. The van der Waals surface area contributed by atoms with Gasteiger partial charge in [-0.3, -0.25) is 0 Å². The van der Waals surface area contributed by atoms with Crippen LogP contribution in [0.25, 0.3) is 0 Å². The molecule has 1 heterocycles. The van der Waals surface area contributed by atoms with Crippen molar-refractivity contribution in [3.05, 3.63) is 18.3 Å². The lowest BCUT2D eigenvalue weighted by molar-refractivity contribution is 0.132. The minimum Gasteiger partial charge on any atom is -0.380 e. The second-order valence-electron chi connectivity index (χ2n) is 3.95. The van der Waals surface area contributed by atoms with Crippen molar-refractivity contribution >= 4 is 5.82 Å². The second kappa shape index (κ2) is 7.11. The molecule has 0 aliphatic carbocycles. The average molecular weight is 227 g/mol. The number of aromatic nitrogens is 2. The standard InChI is InChI=1S/C11H18FN3O/c1-9(2)3-5-16-6-4-13-11-7-10(12)14-8-15-11/h7-9H,3-6H2,1-2H3,(H,13,14,15). The summed E-state index contributed by atoms with van der Waals surface area (Å²) in [6.45, 7) is 6.29. The third-order valence-corrected chi connectivity index (χ3v) is 2.03. The first-order valence-corrected chi connectivity index (χ1v) is 5.47. The van der Waals surface area contributed by atoms with Crippen molar-refractivity contribution in [2.24, 2.45) is 5.92 Å². The van der Waals surface area contributed by atoms with E-state index in [0.29, 0.717) is 24.9 Å². The quantitative estimate of drug-likeness (QED) is 0.572. The Morgan fingerprint density at radius 2 is 2.19 bits per heavy atom. The van der Waals surface area contributed by atoms with Gasteiger partial charge < -0.3 is 10.1 Å². The Labute approximate surface area is 95.3 Å². The van der Waals surface area contributed by atoms with Crippen LogP contribution in [0.5, 0.6) is 0 Å². The van der Waals surface area contributed by atoms with E-state index >= 15 is 0 Å². The number of ether oxygens (including phenoxy) is 1. The summed E-state index contributed by atoms with van der Waals surface area (Å²) in [6, 6.07) is 1.26. The van der Waals surface area contributed by atoms with Crippen LogP contribution in [0.3, 0.4) is 0 Å². The van der Waals surface area contributed by atoms with Gasteiger partial charge in [-0.2, -0.15) is 4.39 Å². The van der Waals surface area contributed by atoms with Crippen LogP contribution in [0.1, 0.15) is 20.3 Å². The van der Waals surface area contributed by atoms with Gasteiger partial charge in [0.15, 0.2) is 0 Å². The predicted molar refractivity (Wildman–Crippen MR) is 60.8 cm³/mol. The minimum absolute atomic E-state index is 0.486. The summed E-state index contributed by atoms with van der Waals surface area (Å²) in [5, 5.41) is 2.96. The minimum atomic E-state index is -0.529. The van der Waals surface area contributed by atoms with Crippen LogP contribution in [0.4, 0.5) is 10.2 Å². The number of halogens is 1. The van der Waals surface area contributed by atoms with Crippen LogP contribution >= 0.6 is 0 Å². The molecule has 1 rings (SSSR count). The van der Waals surface area contributed by atoms with Gasteiger partial charge in [0.25, 0.3) is 0 Å². The highest BCUT2D eigenvalue weighted by atomic mass is 19.1. The number of anilines is 1. The molecule has 0 saturated heterocycles. The molecular weight excluding hydrogens is 209 g/mol. The van der Waals surface area contributed by atoms with E-state index in [1.807, 2.05) is 0 Å². The zero-order valence-corrected chi connectivity index (χ0v) is 9.74. The van der Waals surface area contributed by atoms with E-state index in [1.54, 1.807) is 0 Å². The molecule has 0 saturated carbocycles. The van der Waals surface area contributed by atoms with Gasteiger partial charge in [-0.25, -0.2) is 9.97 Å². The maximum absolute atomic E-state index is 12.7. The molecule has 0 fully saturated rings. The van der Waals surface area contributed by atoms with Crippen molar-refractivity contribution in [1.29, 1.82) is 0 Å². The molecule has 0 aliphatic heterocycles. The molecule has 0 radical (unpaired) electrons. The Morgan fingerprint density at radius 3 is 2.88 bits per heavy atom. The predicted octanol–water partition coefficient (Wildman–Crippen LogP) is 2.09. The van der Waals surface area contributed by atoms with Crippen LogP contribution in [-0.4, -0.2) is 29.7 Å². The van der Waals surface area contributed by atoms with Gasteiger partial charge in [0, 0.05) is 19.2 Å². The Bertz CT molecular complexity index is 307. The summed E-state index contributed by atoms with van der Waals surface area (Å²) in [6.07, 6.45) is 2.25. The molecule has 90 valence electrons. The monoisotopic (exact) mass is 227 g/mol. The van der Waals surface area contributed by atoms with E-state index in [9.17, 15) is 4.39 Å². The SMILES string of the molecule is CC(C)CCOCCNc1cc(F)ncn1. The maximum Gasteiger partial charge on any atom is 0.217 e. The first-order valence-electron chi connectivity index (χ1n) is 5.47.